The number of aliphatic hydroxyl groups is 1. The van der Waals surface area contributed by atoms with Gasteiger partial charge in [0.25, 0.3) is 0 Å². The van der Waals surface area contributed by atoms with Gasteiger partial charge in [-0.1, -0.05) is 15.9 Å². The van der Waals surface area contributed by atoms with Crippen LogP contribution in [0.3, 0.4) is 0 Å². The van der Waals surface area contributed by atoms with E-state index in [4.69, 9.17) is 5.11 Å². The summed E-state index contributed by atoms with van der Waals surface area (Å²) in [6.45, 7) is -0.960. The van der Waals surface area contributed by atoms with E-state index in [9.17, 15) is 26.7 Å². The Balaban J connectivity index is 2.55. The zero-order chi connectivity index (χ0) is 18.3. The van der Waals surface area contributed by atoms with Crippen molar-refractivity contribution in [2.24, 2.45) is 0 Å². The van der Waals surface area contributed by atoms with Crippen LogP contribution < -0.4 is 0 Å². The van der Waals surface area contributed by atoms with E-state index >= 15 is 0 Å². The first-order valence-corrected chi connectivity index (χ1v) is 11.4. The summed E-state index contributed by atoms with van der Waals surface area (Å²) in [7, 11) is -8.02. The Morgan fingerprint density at radius 3 is 2.42 bits per heavy atom. The van der Waals surface area contributed by atoms with Crippen LogP contribution in [0.1, 0.15) is 0 Å². The molecule has 24 heavy (non-hydrogen) atoms. The van der Waals surface area contributed by atoms with Crippen LogP contribution in [0.25, 0.3) is 0 Å². The Hall–Kier alpha value is -0.530. The summed E-state index contributed by atoms with van der Waals surface area (Å²) < 4.78 is 50.3. The molecule has 0 bridgehead atoms. The van der Waals surface area contributed by atoms with Crippen molar-refractivity contribution >= 4 is 57.7 Å². The maximum atomic E-state index is 12.9. The fraction of sp³-hybridized carbons (Fsp3) is 0.417. The summed E-state index contributed by atoms with van der Waals surface area (Å²) in [6, 6.07) is 2.95. The molecule has 0 aliphatic carbocycles. The maximum absolute atomic E-state index is 12.9. The molecule has 1 saturated heterocycles. The minimum Gasteiger partial charge on any atom is -0.480 e. The second-order valence-corrected chi connectivity index (χ2v) is 11.0. The fourth-order valence-electron chi connectivity index (χ4n) is 2.40. The second-order valence-electron chi connectivity index (χ2n) is 5.23. The van der Waals surface area contributed by atoms with E-state index in [-0.39, 0.29) is 9.37 Å². The summed E-state index contributed by atoms with van der Waals surface area (Å²) in [5, 5.41) is 19.0. The molecule has 12 heteroatoms. The standard InChI is InChI=1S/C12H13Br2NO7S2/c13-7-1-2-8(14)11(3-7)24(21,22)15(4-12(17)18)9-5-23(19,20)6-10(9)16/h1-3,9-10,16H,4-6H2,(H,17,18)/t9-,10+/m1/s1. The first kappa shape index (κ1) is 19.8. The van der Waals surface area contributed by atoms with Crippen LogP contribution in [0.15, 0.2) is 32.0 Å². The lowest BCUT2D eigenvalue weighted by Gasteiger charge is -2.28. The Labute approximate surface area is 155 Å². The van der Waals surface area contributed by atoms with E-state index in [1.165, 1.54) is 12.1 Å². The van der Waals surface area contributed by atoms with Crippen molar-refractivity contribution in [1.29, 1.82) is 0 Å². The third kappa shape index (κ3) is 4.17. The summed E-state index contributed by atoms with van der Waals surface area (Å²) >= 11 is 6.23. The average Bonchev–Trinajstić information content (AvgIpc) is 2.71. The normalized spacial score (nSPS) is 23.5. The van der Waals surface area contributed by atoms with Crippen LogP contribution in [0.5, 0.6) is 0 Å². The lowest BCUT2D eigenvalue weighted by atomic mass is 10.2. The van der Waals surface area contributed by atoms with Gasteiger partial charge in [0.2, 0.25) is 10.0 Å². The van der Waals surface area contributed by atoms with Crippen LogP contribution in [0.4, 0.5) is 0 Å². The molecule has 0 unspecified atom stereocenters. The van der Waals surface area contributed by atoms with Crippen LogP contribution in [-0.2, 0) is 24.7 Å². The van der Waals surface area contributed by atoms with Crippen LogP contribution in [0.2, 0.25) is 0 Å². The number of carboxylic acid groups (broad SMARTS) is 1. The number of halogens is 2. The number of aliphatic hydroxyl groups excluding tert-OH is 1. The topological polar surface area (TPSA) is 129 Å². The molecule has 1 aliphatic rings. The van der Waals surface area contributed by atoms with Crippen molar-refractivity contribution in [2.45, 2.75) is 17.0 Å². The smallest absolute Gasteiger partial charge is 0.318 e. The lowest BCUT2D eigenvalue weighted by Crippen LogP contribution is -2.48. The zero-order valence-electron chi connectivity index (χ0n) is 12.0. The molecule has 1 aromatic carbocycles. The number of rotatable bonds is 5. The van der Waals surface area contributed by atoms with Gasteiger partial charge in [-0.25, -0.2) is 16.8 Å². The number of aliphatic carboxylic acids is 1. The van der Waals surface area contributed by atoms with Crippen molar-refractivity contribution in [3.63, 3.8) is 0 Å². The summed E-state index contributed by atoms with van der Waals surface area (Å²) in [5.74, 6) is -2.70. The number of hydrogen-bond acceptors (Lipinski definition) is 6. The quantitative estimate of drug-likeness (QED) is 0.592. The number of carbonyl (C=O) groups is 1. The molecule has 0 saturated carbocycles. The van der Waals surface area contributed by atoms with Gasteiger partial charge in [0.1, 0.15) is 6.54 Å². The van der Waals surface area contributed by atoms with Crippen LogP contribution in [0, 0.1) is 0 Å². The van der Waals surface area contributed by atoms with Gasteiger partial charge in [-0.3, -0.25) is 4.79 Å². The summed E-state index contributed by atoms with van der Waals surface area (Å²) in [5.41, 5.74) is 0. The van der Waals surface area contributed by atoms with Crippen molar-refractivity contribution < 1.29 is 31.8 Å². The Kier molecular flexibility index (Phi) is 5.77. The number of nitrogens with zero attached hydrogens (tertiary/aromatic N) is 1. The van der Waals surface area contributed by atoms with Gasteiger partial charge in [0, 0.05) is 8.95 Å². The van der Waals surface area contributed by atoms with Crippen LogP contribution in [-0.4, -0.2) is 67.5 Å². The first-order valence-electron chi connectivity index (χ1n) is 6.51. The van der Waals surface area contributed by atoms with Crippen LogP contribution >= 0.6 is 31.9 Å². The molecule has 1 fully saturated rings. The van der Waals surface area contributed by atoms with E-state index < -0.39 is 56.0 Å². The highest BCUT2D eigenvalue weighted by molar-refractivity contribution is 9.11. The molecule has 2 atom stereocenters. The second kappa shape index (κ2) is 7.00. The van der Waals surface area contributed by atoms with Gasteiger partial charge < -0.3 is 10.2 Å². The monoisotopic (exact) mass is 505 g/mol. The zero-order valence-corrected chi connectivity index (χ0v) is 16.8. The molecule has 0 aromatic heterocycles. The minimum absolute atomic E-state index is 0.191. The van der Waals surface area contributed by atoms with E-state index in [0.717, 1.165) is 0 Å². The highest BCUT2D eigenvalue weighted by Crippen LogP contribution is 2.31. The third-order valence-electron chi connectivity index (χ3n) is 3.43. The maximum Gasteiger partial charge on any atom is 0.318 e. The SMILES string of the molecule is O=C(O)CN([C@@H]1CS(=O)(=O)C[C@@H]1O)S(=O)(=O)c1cc(Br)ccc1Br. The number of carboxylic acids is 1. The third-order valence-corrected chi connectivity index (χ3v) is 8.49. The Morgan fingerprint density at radius 2 is 1.92 bits per heavy atom. The molecule has 0 radical (unpaired) electrons. The van der Waals surface area contributed by atoms with Crippen molar-refractivity contribution in [3.05, 3.63) is 27.1 Å². The molecule has 134 valence electrons. The molecule has 0 spiro atoms. The molecule has 8 nitrogen and oxygen atoms in total. The van der Waals surface area contributed by atoms with Crippen molar-refractivity contribution in [3.8, 4) is 0 Å². The van der Waals surface area contributed by atoms with Crippen molar-refractivity contribution in [1.82, 2.24) is 4.31 Å². The van der Waals surface area contributed by atoms with Gasteiger partial charge in [-0.05, 0) is 34.1 Å². The van der Waals surface area contributed by atoms with Gasteiger partial charge in [0.15, 0.2) is 9.84 Å². The largest absolute Gasteiger partial charge is 0.480 e. The molecular formula is C12H13Br2NO7S2. The molecule has 2 rings (SSSR count). The Bertz CT molecular complexity index is 869. The van der Waals surface area contributed by atoms with Gasteiger partial charge in [-0.2, -0.15) is 4.31 Å². The van der Waals surface area contributed by atoms with E-state index in [1.807, 2.05) is 0 Å². The van der Waals surface area contributed by atoms with Crippen molar-refractivity contribution in [2.75, 3.05) is 18.1 Å². The number of sulfonamides is 1. The van der Waals surface area contributed by atoms with Gasteiger partial charge in [-0.15, -0.1) is 0 Å². The highest BCUT2D eigenvalue weighted by atomic mass is 79.9. The van der Waals surface area contributed by atoms with E-state index in [1.54, 1.807) is 6.07 Å². The summed E-state index contributed by atoms with van der Waals surface area (Å²) in [6.07, 6.45) is -1.49. The summed E-state index contributed by atoms with van der Waals surface area (Å²) in [4.78, 5) is 10.9. The lowest BCUT2D eigenvalue weighted by molar-refractivity contribution is -0.137. The number of benzene rings is 1. The molecule has 1 aliphatic heterocycles. The Morgan fingerprint density at radius 1 is 1.29 bits per heavy atom. The first-order chi connectivity index (χ1) is 10.9. The molecule has 0 amide bonds. The van der Waals surface area contributed by atoms with Gasteiger partial charge >= 0.3 is 5.97 Å². The predicted molar refractivity (Wildman–Crippen MR) is 91.8 cm³/mol. The fourth-order valence-corrected chi connectivity index (χ4v) is 7.36. The highest BCUT2D eigenvalue weighted by Gasteiger charge is 2.45. The van der Waals surface area contributed by atoms with Gasteiger partial charge in [0.05, 0.1) is 28.5 Å². The number of sulfone groups is 1. The number of hydrogen-bond donors (Lipinski definition) is 2. The predicted octanol–water partition coefficient (Wildman–Crippen LogP) is 0.445. The molecule has 2 N–H and O–H groups in total. The van der Waals surface area contributed by atoms with E-state index in [0.29, 0.717) is 8.78 Å². The van der Waals surface area contributed by atoms with E-state index in [2.05, 4.69) is 31.9 Å². The molecular weight excluding hydrogens is 494 g/mol. The molecule has 1 heterocycles. The average molecular weight is 507 g/mol. The minimum atomic E-state index is -4.36. The molecule has 1 aromatic rings.